The largest absolute Gasteiger partial charge is 0.497 e. The van der Waals surface area contributed by atoms with E-state index in [-0.39, 0.29) is 18.4 Å². The number of amides is 4. The van der Waals surface area contributed by atoms with Crippen LogP contribution in [-0.2, 0) is 4.79 Å². The molecule has 0 bridgehead atoms. The second kappa shape index (κ2) is 9.76. The average Bonchev–Trinajstić information content (AvgIpc) is 2.66. The zero-order valence-electron chi connectivity index (χ0n) is 15.3. The van der Waals surface area contributed by atoms with Crippen LogP contribution < -0.4 is 15.4 Å². The number of nitrogens with zero attached hydrogens (tertiary/aromatic N) is 2. The lowest BCUT2D eigenvalue weighted by Gasteiger charge is -2.34. The van der Waals surface area contributed by atoms with Crippen molar-refractivity contribution >= 4 is 17.8 Å². The molecule has 8 heteroatoms. The number of hydrogen-bond donors (Lipinski definition) is 2. The fourth-order valence-corrected chi connectivity index (χ4v) is 2.70. The molecular weight excluding hydrogens is 336 g/mol. The van der Waals surface area contributed by atoms with Crippen molar-refractivity contribution < 1.29 is 19.1 Å². The fraction of sp³-hybridized carbons (Fsp3) is 0.500. The zero-order chi connectivity index (χ0) is 18.9. The van der Waals surface area contributed by atoms with Gasteiger partial charge in [-0.3, -0.25) is 19.8 Å². The number of imide groups is 1. The van der Waals surface area contributed by atoms with E-state index >= 15 is 0 Å². The van der Waals surface area contributed by atoms with Gasteiger partial charge in [0.25, 0.3) is 5.91 Å². The summed E-state index contributed by atoms with van der Waals surface area (Å²) in [6.07, 6.45) is 0.810. The molecule has 0 aromatic heterocycles. The fourth-order valence-electron chi connectivity index (χ4n) is 2.70. The molecule has 1 saturated heterocycles. The molecule has 0 spiro atoms. The highest BCUT2D eigenvalue weighted by atomic mass is 16.5. The second-order valence-electron chi connectivity index (χ2n) is 6.10. The molecule has 1 aromatic carbocycles. The molecule has 0 atom stereocenters. The maximum Gasteiger partial charge on any atom is 0.321 e. The van der Waals surface area contributed by atoms with Crippen LogP contribution in [0.1, 0.15) is 23.7 Å². The minimum absolute atomic E-state index is 0.0491. The number of carbonyl (C=O) groups excluding carboxylic acids is 3. The number of urea groups is 1. The van der Waals surface area contributed by atoms with Gasteiger partial charge in [-0.25, -0.2) is 4.79 Å². The van der Waals surface area contributed by atoms with Crippen molar-refractivity contribution in [1.82, 2.24) is 20.4 Å². The third kappa shape index (κ3) is 5.73. The van der Waals surface area contributed by atoms with Crippen LogP contribution in [0, 0.1) is 0 Å². The first-order valence-electron chi connectivity index (χ1n) is 8.77. The van der Waals surface area contributed by atoms with E-state index in [0.717, 1.165) is 6.42 Å². The van der Waals surface area contributed by atoms with E-state index in [4.69, 9.17) is 4.74 Å². The van der Waals surface area contributed by atoms with Gasteiger partial charge in [0.15, 0.2) is 0 Å². The molecule has 8 nitrogen and oxygen atoms in total. The van der Waals surface area contributed by atoms with Crippen LogP contribution in [0.3, 0.4) is 0 Å². The van der Waals surface area contributed by atoms with Gasteiger partial charge in [-0.2, -0.15) is 0 Å². The summed E-state index contributed by atoms with van der Waals surface area (Å²) in [7, 11) is 1.57. The van der Waals surface area contributed by atoms with E-state index in [1.165, 1.54) is 0 Å². The van der Waals surface area contributed by atoms with Gasteiger partial charge in [0.05, 0.1) is 13.7 Å². The predicted octanol–water partition coefficient (Wildman–Crippen LogP) is 0.689. The van der Waals surface area contributed by atoms with Crippen molar-refractivity contribution in [2.75, 3.05) is 46.4 Å². The van der Waals surface area contributed by atoms with Gasteiger partial charge in [-0.15, -0.1) is 0 Å². The molecule has 1 aliphatic rings. The average molecular weight is 362 g/mol. The van der Waals surface area contributed by atoms with E-state index < -0.39 is 6.03 Å². The van der Waals surface area contributed by atoms with Crippen LogP contribution in [0.5, 0.6) is 5.75 Å². The van der Waals surface area contributed by atoms with Gasteiger partial charge >= 0.3 is 6.03 Å². The Labute approximate surface area is 153 Å². The summed E-state index contributed by atoms with van der Waals surface area (Å²) in [6.45, 7) is 4.84. The second-order valence-corrected chi connectivity index (χ2v) is 6.10. The summed E-state index contributed by atoms with van der Waals surface area (Å²) in [4.78, 5) is 39.6. The number of benzene rings is 1. The van der Waals surface area contributed by atoms with E-state index in [0.29, 0.717) is 44.0 Å². The van der Waals surface area contributed by atoms with Crippen LogP contribution in [0.2, 0.25) is 0 Å². The first kappa shape index (κ1) is 19.7. The molecule has 1 aliphatic heterocycles. The van der Waals surface area contributed by atoms with Gasteiger partial charge in [0.1, 0.15) is 5.75 Å². The molecule has 2 N–H and O–H groups in total. The third-order valence-corrected chi connectivity index (χ3v) is 4.13. The highest BCUT2D eigenvalue weighted by molar-refractivity contribution is 5.95. The zero-order valence-corrected chi connectivity index (χ0v) is 15.3. The van der Waals surface area contributed by atoms with Gasteiger partial charge in [0.2, 0.25) is 5.91 Å². The lowest BCUT2D eigenvalue weighted by Crippen LogP contribution is -2.52. The number of nitrogens with one attached hydrogen (secondary N) is 2. The molecule has 0 saturated carbocycles. The van der Waals surface area contributed by atoms with Gasteiger partial charge in [0, 0.05) is 38.3 Å². The molecule has 1 aromatic rings. The topological polar surface area (TPSA) is 91.0 Å². The summed E-state index contributed by atoms with van der Waals surface area (Å²) in [5.41, 5.74) is 0.586. The van der Waals surface area contributed by atoms with Crippen molar-refractivity contribution in [3.05, 3.63) is 29.8 Å². The first-order chi connectivity index (χ1) is 12.5. The van der Waals surface area contributed by atoms with Crippen molar-refractivity contribution in [3.63, 3.8) is 0 Å². The molecule has 1 heterocycles. The molecule has 2 rings (SSSR count). The summed E-state index contributed by atoms with van der Waals surface area (Å²) < 4.78 is 5.15. The van der Waals surface area contributed by atoms with E-state index in [1.54, 1.807) is 36.3 Å². The summed E-state index contributed by atoms with van der Waals surface area (Å²) in [5.74, 6) is 0.255. The Morgan fingerprint density at radius 3 is 2.54 bits per heavy atom. The van der Waals surface area contributed by atoms with Crippen molar-refractivity contribution in [2.45, 2.75) is 13.3 Å². The third-order valence-electron chi connectivity index (χ3n) is 4.13. The Kier molecular flexibility index (Phi) is 7.40. The summed E-state index contributed by atoms with van der Waals surface area (Å²) in [6, 6.07) is 6.60. The van der Waals surface area contributed by atoms with Crippen LogP contribution in [0.15, 0.2) is 24.3 Å². The van der Waals surface area contributed by atoms with Crippen molar-refractivity contribution in [3.8, 4) is 5.75 Å². The Bertz CT molecular complexity index is 642. The van der Waals surface area contributed by atoms with E-state index in [2.05, 4.69) is 10.6 Å². The molecule has 0 unspecified atom stereocenters. The normalized spacial score (nSPS) is 14.6. The lowest BCUT2D eigenvalue weighted by atomic mass is 10.1. The number of hydrogen-bond acceptors (Lipinski definition) is 5. The predicted molar refractivity (Wildman–Crippen MR) is 97.2 cm³/mol. The Hall–Kier alpha value is -2.61. The summed E-state index contributed by atoms with van der Waals surface area (Å²) >= 11 is 0. The molecule has 26 heavy (non-hydrogen) atoms. The SMILES string of the molecule is CCCNC(=O)NC(=O)CN1CCN(C(=O)c2cccc(OC)c2)CC1. The number of methoxy groups -OCH3 is 1. The molecule has 0 radical (unpaired) electrons. The highest BCUT2D eigenvalue weighted by Gasteiger charge is 2.23. The molecule has 0 aliphatic carbocycles. The quantitative estimate of drug-likeness (QED) is 0.777. The number of ether oxygens (including phenoxy) is 1. The van der Waals surface area contributed by atoms with Crippen LogP contribution in [0.25, 0.3) is 0 Å². The van der Waals surface area contributed by atoms with Crippen molar-refractivity contribution in [1.29, 1.82) is 0 Å². The minimum Gasteiger partial charge on any atom is -0.497 e. The standard InChI is InChI=1S/C18H26N4O4/c1-3-7-19-18(25)20-16(23)13-21-8-10-22(11-9-21)17(24)14-5-4-6-15(12-14)26-2/h4-6,12H,3,7-11,13H2,1-2H3,(H2,19,20,23,25). The molecule has 1 fully saturated rings. The minimum atomic E-state index is -0.469. The maximum atomic E-state index is 12.6. The smallest absolute Gasteiger partial charge is 0.321 e. The Morgan fingerprint density at radius 2 is 1.88 bits per heavy atom. The number of piperazine rings is 1. The van der Waals surface area contributed by atoms with Gasteiger partial charge in [-0.1, -0.05) is 13.0 Å². The lowest BCUT2D eigenvalue weighted by molar-refractivity contribution is -0.121. The Balaban J connectivity index is 1.78. The van der Waals surface area contributed by atoms with Crippen LogP contribution >= 0.6 is 0 Å². The number of rotatable bonds is 6. The van der Waals surface area contributed by atoms with Crippen LogP contribution in [0.4, 0.5) is 4.79 Å². The molecule has 4 amide bonds. The Morgan fingerprint density at radius 1 is 1.15 bits per heavy atom. The van der Waals surface area contributed by atoms with Gasteiger partial charge < -0.3 is 15.0 Å². The van der Waals surface area contributed by atoms with Crippen molar-refractivity contribution in [2.24, 2.45) is 0 Å². The summed E-state index contributed by atoms with van der Waals surface area (Å²) in [5, 5.41) is 4.91. The van der Waals surface area contributed by atoms with E-state index in [1.807, 2.05) is 11.8 Å². The van der Waals surface area contributed by atoms with Crippen LogP contribution in [-0.4, -0.2) is 74.0 Å². The van der Waals surface area contributed by atoms with E-state index in [9.17, 15) is 14.4 Å². The molecule has 142 valence electrons. The number of carbonyl (C=O) groups is 3. The maximum absolute atomic E-state index is 12.6. The molecular formula is C18H26N4O4. The highest BCUT2D eigenvalue weighted by Crippen LogP contribution is 2.15. The first-order valence-corrected chi connectivity index (χ1v) is 8.77. The van der Waals surface area contributed by atoms with Gasteiger partial charge in [-0.05, 0) is 24.6 Å². The monoisotopic (exact) mass is 362 g/mol.